The van der Waals surface area contributed by atoms with Gasteiger partial charge in [0.25, 0.3) is 0 Å². The zero-order valence-corrected chi connectivity index (χ0v) is 11.0. The number of hydrazine groups is 1. The second-order valence-electron chi connectivity index (χ2n) is 4.23. The Balaban J connectivity index is 2.29. The molecule has 1 unspecified atom stereocenters. The van der Waals surface area contributed by atoms with Gasteiger partial charge in [0.15, 0.2) is 0 Å². The minimum atomic E-state index is -0.128. The number of ether oxygens (including phenoxy) is 1. The van der Waals surface area contributed by atoms with Gasteiger partial charge in [-0.15, -0.1) is 0 Å². The molecule has 0 amide bonds. The fraction of sp³-hybridized carbons (Fsp3) is 0.200. The van der Waals surface area contributed by atoms with Gasteiger partial charge in [-0.2, -0.15) is 0 Å². The van der Waals surface area contributed by atoms with Gasteiger partial charge in [-0.3, -0.25) is 5.84 Å². The molecule has 19 heavy (non-hydrogen) atoms. The zero-order chi connectivity index (χ0) is 13.7. The quantitative estimate of drug-likeness (QED) is 0.436. The molecule has 0 aromatic heterocycles. The molecule has 1 atom stereocenters. The maximum absolute atomic E-state index is 5.99. The molecule has 0 bridgehead atoms. The monoisotopic (exact) mass is 257 g/mol. The highest BCUT2D eigenvalue weighted by atomic mass is 16.5. The van der Waals surface area contributed by atoms with Gasteiger partial charge in [-0.25, -0.2) is 5.43 Å². The van der Waals surface area contributed by atoms with Crippen molar-refractivity contribution < 1.29 is 4.74 Å². The fourth-order valence-electron chi connectivity index (χ4n) is 2.06. The van der Waals surface area contributed by atoms with E-state index in [2.05, 4.69) is 5.43 Å². The number of hydrogen-bond acceptors (Lipinski definition) is 4. The molecular formula is C15H19N3O. The molecule has 100 valence electrons. The van der Waals surface area contributed by atoms with E-state index in [1.807, 2.05) is 55.5 Å². The van der Waals surface area contributed by atoms with Crippen LogP contribution in [0.2, 0.25) is 0 Å². The number of nitrogens with one attached hydrogen (secondary N) is 1. The molecule has 0 aliphatic carbocycles. The van der Waals surface area contributed by atoms with Crippen LogP contribution in [-0.4, -0.2) is 6.61 Å². The molecule has 2 aromatic rings. The highest BCUT2D eigenvalue weighted by Crippen LogP contribution is 2.27. The highest BCUT2D eigenvalue weighted by molar-refractivity contribution is 5.51. The third-order valence-corrected chi connectivity index (χ3v) is 3.00. The average Bonchev–Trinajstić information content (AvgIpc) is 2.44. The van der Waals surface area contributed by atoms with Crippen LogP contribution in [0.3, 0.4) is 0 Å². The molecule has 4 heteroatoms. The van der Waals surface area contributed by atoms with E-state index in [9.17, 15) is 0 Å². The Hall–Kier alpha value is -2.04. The van der Waals surface area contributed by atoms with Gasteiger partial charge in [0, 0.05) is 5.69 Å². The molecular weight excluding hydrogens is 238 g/mol. The molecule has 2 rings (SSSR count). The maximum Gasteiger partial charge on any atom is 0.119 e. The van der Waals surface area contributed by atoms with Gasteiger partial charge in [-0.1, -0.05) is 30.3 Å². The van der Waals surface area contributed by atoms with E-state index in [0.717, 1.165) is 22.6 Å². The molecule has 5 N–H and O–H groups in total. The summed E-state index contributed by atoms with van der Waals surface area (Å²) in [4.78, 5) is 0. The first-order valence-corrected chi connectivity index (χ1v) is 6.29. The van der Waals surface area contributed by atoms with Crippen molar-refractivity contribution in [1.82, 2.24) is 5.43 Å². The second-order valence-corrected chi connectivity index (χ2v) is 4.23. The van der Waals surface area contributed by atoms with E-state index in [1.165, 1.54) is 0 Å². The first-order chi connectivity index (χ1) is 9.26. The number of nitrogen functional groups attached to an aromatic ring is 1. The second kappa shape index (κ2) is 6.22. The Morgan fingerprint density at radius 2 is 1.79 bits per heavy atom. The Morgan fingerprint density at radius 1 is 1.11 bits per heavy atom. The number of rotatable bonds is 5. The third kappa shape index (κ3) is 3.05. The molecule has 2 aromatic carbocycles. The van der Waals surface area contributed by atoms with E-state index in [0.29, 0.717) is 6.61 Å². The standard InChI is InChI=1S/C15H19N3O/c1-2-19-12-9-7-11(8-10-12)15(18-17)13-5-3-4-6-14(13)16/h3-10,15,18H,2,16-17H2,1H3. The van der Waals surface area contributed by atoms with Gasteiger partial charge in [0.05, 0.1) is 12.6 Å². The lowest BCUT2D eigenvalue weighted by molar-refractivity contribution is 0.340. The Morgan fingerprint density at radius 3 is 2.37 bits per heavy atom. The number of nitrogens with two attached hydrogens (primary N) is 2. The van der Waals surface area contributed by atoms with Crippen LogP contribution in [0.1, 0.15) is 24.1 Å². The lowest BCUT2D eigenvalue weighted by Gasteiger charge is -2.19. The summed E-state index contributed by atoms with van der Waals surface area (Å²) in [6, 6.07) is 15.4. The van der Waals surface area contributed by atoms with Crippen molar-refractivity contribution in [1.29, 1.82) is 0 Å². The summed E-state index contributed by atoms with van der Waals surface area (Å²) in [5, 5.41) is 0. The molecule has 0 aliphatic rings. The minimum absolute atomic E-state index is 0.128. The summed E-state index contributed by atoms with van der Waals surface area (Å²) in [6.45, 7) is 2.62. The van der Waals surface area contributed by atoms with Crippen molar-refractivity contribution in [2.45, 2.75) is 13.0 Å². The van der Waals surface area contributed by atoms with Gasteiger partial charge in [-0.05, 0) is 36.2 Å². The van der Waals surface area contributed by atoms with Crippen LogP contribution in [0.4, 0.5) is 5.69 Å². The SMILES string of the molecule is CCOc1ccc(C(NN)c2ccccc2N)cc1. The topological polar surface area (TPSA) is 73.3 Å². The van der Waals surface area contributed by atoms with Crippen LogP contribution in [0.5, 0.6) is 5.75 Å². The Labute approximate surface area is 113 Å². The van der Waals surface area contributed by atoms with E-state index in [-0.39, 0.29) is 6.04 Å². The van der Waals surface area contributed by atoms with E-state index < -0.39 is 0 Å². The number of benzene rings is 2. The molecule has 0 saturated heterocycles. The fourth-order valence-corrected chi connectivity index (χ4v) is 2.06. The van der Waals surface area contributed by atoms with Crippen LogP contribution < -0.4 is 21.7 Å². The van der Waals surface area contributed by atoms with Gasteiger partial charge >= 0.3 is 0 Å². The van der Waals surface area contributed by atoms with E-state index in [4.69, 9.17) is 16.3 Å². The predicted octanol–water partition coefficient (Wildman–Crippen LogP) is 2.22. The Kier molecular flexibility index (Phi) is 4.39. The normalized spacial score (nSPS) is 12.1. The summed E-state index contributed by atoms with van der Waals surface area (Å²) >= 11 is 0. The molecule has 4 nitrogen and oxygen atoms in total. The summed E-state index contributed by atoms with van der Waals surface area (Å²) < 4.78 is 5.43. The van der Waals surface area contributed by atoms with E-state index in [1.54, 1.807) is 0 Å². The molecule has 0 fully saturated rings. The number of para-hydroxylation sites is 1. The lowest BCUT2D eigenvalue weighted by atomic mass is 9.98. The van der Waals surface area contributed by atoms with Crippen molar-refractivity contribution in [2.24, 2.45) is 5.84 Å². The van der Waals surface area contributed by atoms with Gasteiger partial charge < -0.3 is 10.5 Å². The van der Waals surface area contributed by atoms with E-state index >= 15 is 0 Å². The summed E-state index contributed by atoms with van der Waals surface area (Å²) in [5.74, 6) is 6.52. The van der Waals surface area contributed by atoms with Crippen LogP contribution in [0.25, 0.3) is 0 Å². The summed E-state index contributed by atoms with van der Waals surface area (Å²) in [5.41, 5.74) is 11.5. The van der Waals surface area contributed by atoms with Crippen molar-refractivity contribution in [3.05, 3.63) is 59.7 Å². The maximum atomic E-state index is 5.99. The lowest BCUT2D eigenvalue weighted by Crippen LogP contribution is -2.29. The largest absolute Gasteiger partial charge is 0.494 e. The average molecular weight is 257 g/mol. The smallest absolute Gasteiger partial charge is 0.119 e. The molecule has 0 heterocycles. The number of hydrogen-bond donors (Lipinski definition) is 3. The molecule has 0 saturated carbocycles. The molecule has 0 aliphatic heterocycles. The van der Waals surface area contributed by atoms with Gasteiger partial charge in [0.2, 0.25) is 0 Å². The minimum Gasteiger partial charge on any atom is -0.494 e. The summed E-state index contributed by atoms with van der Waals surface area (Å²) in [7, 11) is 0. The van der Waals surface area contributed by atoms with Gasteiger partial charge in [0.1, 0.15) is 5.75 Å². The predicted molar refractivity (Wildman–Crippen MR) is 77.6 cm³/mol. The van der Waals surface area contributed by atoms with Crippen molar-refractivity contribution in [2.75, 3.05) is 12.3 Å². The van der Waals surface area contributed by atoms with Crippen LogP contribution in [0, 0.1) is 0 Å². The van der Waals surface area contributed by atoms with Crippen LogP contribution in [-0.2, 0) is 0 Å². The zero-order valence-electron chi connectivity index (χ0n) is 11.0. The summed E-state index contributed by atoms with van der Waals surface area (Å²) in [6.07, 6.45) is 0. The highest BCUT2D eigenvalue weighted by Gasteiger charge is 2.14. The Bertz CT molecular complexity index is 525. The first-order valence-electron chi connectivity index (χ1n) is 6.29. The molecule has 0 spiro atoms. The van der Waals surface area contributed by atoms with Crippen molar-refractivity contribution in [3.63, 3.8) is 0 Å². The van der Waals surface area contributed by atoms with Crippen LogP contribution >= 0.6 is 0 Å². The third-order valence-electron chi connectivity index (χ3n) is 3.00. The molecule has 0 radical (unpaired) electrons. The van der Waals surface area contributed by atoms with Crippen molar-refractivity contribution >= 4 is 5.69 Å². The van der Waals surface area contributed by atoms with Crippen molar-refractivity contribution in [3.8, 4) is 5.75 Å². The first kappa shape index (κ1) is 13.4. The number of anilines is 1. The van der Waals surface area contributed by atoms with Crippen LogP contribution in [0.15, 0.2) is 48.5 Å².